The van der Waals surface area contributed by atoms with Gasteiger partial charge in [-0.05, 0) is 19.1 Å². The topological polar surface area (TPSA) is 57.3 Å². The van der Waals surface area contributed by atoms with E-state index in [0.717, 1.165) is 38.4 Å². The molecule has 2 N–H and O–H groups in total. The van der Waals surface area contributed by atoms with E-state index >= 15 is 0 Å². The number of nitrogens with zero attached hydrogens (tertiary/aromatic N) is 2. The minimum atomic E-state index is -0.0439. The van der Waals surface area contributed by atoms with Gasteiger partial charge in [0, 0.05) is 51.2 Å². The molecule has 1 fully saturated rings. The molecule has 2 rings (SSSR count). The number of nitrogens with one attached hydrogen (secondary N) is 2. The number of carbonyl (C=O) groups is 1. The molecule has 1 aromatic rings. The van der Waals surface area contributed by atoms with Crippen molar-refractivity contribution in [3.63, 3.8) is 0 Å². The summed E-state index contributed by atoms with van der Waals surface area (Å²) in [5.41, 5.74) is 1.55. The standard InChI is InChI=1S/C13H20N4O/c1-11-2-3-12(10-16-11)13(18)15-6-9-17-7-4-14-5-8-17/h2-3,10,14H,4-9H2,1H3,(H,15,18). The Balaban J connectivity index is 1.72. The molecule has 98 valence electrons. The highest BCUT2D eigenvalue weighted by Gasteiger charge is 2.10. The largest absolute Gasteiger partial charge is 0.351 e. The second kappa shape index (κ2) is 6.47. The number of piperazine rings is 1. The molecular weight excluding hydrogens is 228 g/mol. The highest BCUT2D eigenvalue weighted by Crippen LogP contribution is 1.99. The maximum atomic E-state index is 11.8. The van der Waals surface area contributed by atoms with Crippen molar-refractivity contribution in [2.75, 3.05) is 39.3 Å². The van der Waals surface area contributed by atoms with Crippen molar-refractivity contribution in [3.8, 4) is 0 Å². The Kier molecular flexibility index (Phi) is 4.66. The van der Waals surface area contributed by atoms with Crippen molar-refractivity contribution in [1.82, 2.24) is 20.5 Å². The number of carbonyl (C=O) groups excluding carboxylic acids is 1. The van der Waals surface area contributed by atoms with E-state index in [1.165, 1.54) is 0 Å². The molecule has 0 aliphatic carbocycles. The number of aryl methyl sites for hydroxylation is 1. The van der Waals surface area contributed by atoms with Crippen LogP contribution in [0.4, 0.5) is 0 Å². The van der Waals surface area contributed by atoms with Gasteiger partial charge in [-0.25, -0.2) is 0 Å². The Hall–Kier alpha value is -1.46. The number of aromatic nitrogens is 1. The number of hydrogen-bond acceptors (Lipinski definition) is 4. The minimum Gasteiger partial charge on any atom is -0.351 e. The van der Waals surface area contributed by atoms with Gasteiger partial charge in [0.15, 0.2) is 0 Å². The summed E-state index contributed by atoms with van der Waals surface area (Å²) in [5, 5.41) is 6.23. The van der Waals surface area contributed by atoms with Crippen molar-refractivity contribution in [2.45, 2.75) is 6.92 Å². The summed E-state index contributed by atoms with van der Waals surface area (Å²) in [7, 11) is 0. The van der Waals surface area contributed by atoms with E-state index in [2.05, 4.69) is 20.5 Å². The summed E-state index contributed by atoms with van der Waals surface area (Å²) < 4.78 is 0. The molecule has 0 saturated carbocycles. The molecule has 0 atom stereocenters. The monoisotopic (exact) mass is 248 g/mol. The lowest BCUT2D eigenvalue weighted by Crippen LogP contribution is -2.46. The first-order valence-electron chi connectivity index (χ1n) is 6.39. The van der Waals surface area contributed by atoms with Crippen molar-refractivity contribution in [2.24, 2.45) is 0 Å². The highest BCUT2D eigenvalue weighted by atomic mass is 16.1. The molecule has 5 heteroatoms. The summed E-state index contributed by atoms with van der Waals surface area (Å²) in [4.78, 5) is 18.3. The first-order valence-corrected chi connectivity index (χ1v) is 6.39. The van der Waals surface area contributed by atoms with Gasteiger partial charge in [0.05, 0.1) is 5.56 Å². The molecule has 1 aliphatic rings. The van der Waals surface area contributed by atoms with E-state index in [0.29, 0.717) is 12.1 Å². The molecule has 1 aliphatic heterocycles. The van der Waals surface area contributed by atoms with Crippen LogP contribution in [0.5, 0.6) is 0 Å². The molecule has 1 amide bonds. The maximum absolute atomic E-state index is 11.8. The molecule has 1 saturated heterocycles. The average molecular weight is 248 g/mol. The van der Waals surface area contributed by atoms with Crippen LogP contribution >= 0.6 is 0 Å². The molecule has 5 nitrogen and oxygen atoms in total. The Morgan fingerprint density at radius 3 is 2.89 bits per heavy atom. The number of pyridine rings is 1. The van der Waals surface area contributed by atoms with Crippen LogP contribution in [0.25, 0.3) is 0 Å². The molecule has 0 bridgehead atoms. The molecule has 2 heterocycles. The predicted octanol–water partition coefficient (Wildman–Crippen LogP) is 0.0250. The van der Waals surface area contributed by atoms with Crippen LogP contribution in [-0.4, -0.2) is 55.1 Å². The van der Waals surface area contributed by atoms with Crippen LogP contribution in [0.1, 0.15) is 16.1 Å². The molecule has 1 aromatic heterocycles. The molecular formula is C13H20N4O. The third-order valence-corrected chi connectivity index (χ3v) is 3.10. The third kappa shape index (κ3) is 3.78. The number of rotatable bonds is 4. The van der Waals surface area contributed by atoms with Crippen molar-refractivity contribution in [1.29, 1.82) is 0 Å². The van der Waals surface area contributed by atoms with Crippen molar-refractivity contribution < 1.29 is 4.79 Å². The Bertz CT molecular complexity index is 384. The zero-order valence-electron chi connectivity index (χ0n) is 10.8. The lowest BCUT2D eigenvalue weighted by atomic mass is 10.2. The fourth-order valence-electron chi connectivity index (χ4n) is 1.97. The lowest BCUT2D eigenvalue weighted by molar-refractivity contribution is 0.0947. The Labute approximate surface area is 108 Å². The van der Waals surface area contributed by atoms with Crippen LogP contribution in [0.2, 0.25) is 0 Å². The van der Waals surface area contributed by atoms with E-state index < -0.39 is 0 Å². The van der Waals surface area contributed by atoms with E-state index in [-0.39, 0.29) is 5.91 Å². The normalized spacial score (nSPS) is 16.5. The smallest absolute Gasteiger partial charge is 0.252 e. The highest BCUT2D eigenvalue weighted by molar-refractivity contribution is 5.93. The fourth-order valence-corrected chi connectivity index (χ4v) is 1.97. The van der Waals surface area contributed by atoms with Gasteiger partial charge in [0.2, 0.25) is 0 Å². The molecule has 0 radical (unpaired) electrons. The second-order valence-corrected chi connectivity index (χ2v) is 4.54. The quantitative estimate of drug-likeness (QED) is 0.789. The SMILES string of the molecule is Cc1ccc(C(=O)NCCN2CCNCC2)cn1. The maximum Gasteiger partial charge on any atom is 0.252 e. The van der Waals surface area contributed by atoms with Crippen LogP contribution < -0.4 is 10.6 Å². The zero-order valence-corrected chi connectivity index (χ0v) is 10.8. The van der Waals surface area contributed by atoms with Gasteiger partial charge in [-0.2, -0.15) is 0 Å². The van der Waals surface area contributed by atoms with Gasteiger partial charge < -0.3 is 10.6 Å². The fraction of sp³-hybridized carbons (Fsp3) is 0.538. The molecule has 0 unspecified atom stereocenters. The van der Waals surface area contributed by atoms with E-state index in [4.69, 9.17) is 0 Å². The summed E-state index contributed by atoms with van der Waals surface area (Å²) in [6, 6.07) is 3.66. The van der Waals surface area contributed by atoms with Crippen molar-refractivity contribution in [3.05, 3.63) is 29.6 Å². The van der Waals surface area contributed by atoms with Crippen molar-refractivity contribution >= 4 is 5.91 Å². The van der Waals surface area contributed by atoms with E-state index in [9.17, 15) is 4.79 Å². The van der Waals surface area contributed by atoms with Gasteiger partial charge in [0.25, 0.3) is 5.91 Å². The predicted molar refractivity (Wildman–Crippen MR) is 70.6 cm³/mol. The zero-order chi connectivity index (χ0) is 12.8. The first kappa shape index (κ1) is 13.0. The lowest BCUT2D eigenvalue weighted by Gasteiger charge is -2.27. The van der Waals surface area contributed by atoms with E-state index in [1.807, 2.05) is 19.1 Å². The van der Waals surface area contributed by atoms with Gasteiger partial charge >= 0.3 is 0 Å². The summed E-state index contributed by atoms with van der Waals surface area (Å²) in [5.74, 6) is -0.0439. The first-order chi connectivity index (χ1) is 8.75. The van der Waals surface area contributed by atoms with Crippen LogP contribution in [0, 0.1) is 6.92 Å². The van der Waals surface area contributed by atoms with Gasteiger partial charge in [-0.1, -0.05) is 0 Å². The average Bonchev–Trinajstić information content (AvgIpc) is 2.40. The summed E-state index contributed by atoms with van der Waals surface area (Å²) in [6.45, 7) is 7.70. The Morgan fingerprint density at radius 2 is 2.22 bits per heavy atom. The minimum absolute atomic E-state index is 0.0439. The number of hydrogen-bond donors (Lipinski definition) is 2. The summed E-state index contributed by atoms with van der Waals surface area (Å²) >= 11 is 0. The molecule has 0 spiro atoms. The van der Waals surface area contributed by atoms with Crippen LogP contribution in [0.3, 0.4) is 0 Å². The summed E-state index contributed by atoms with van der Waals surface area (Å²) in [6.07, 6.45) is 1.62. The number of amides is 1. The molecule has 0 aromatic carbocycles. The second-order valence-electron chi connectivity index (χ2n) is 4.54. The van der Waals surface area contributed by atoms with E-state index in [1.54, 1.807) is 6.20 Å². The van der Waals surface area contributed by atoms with Gasteiger partial charge in [-0.15, -0.1) is 0 Å². The van der Waals surface area contributed by atoms with Crippen LogP contribution in [-0.2, 0) is 0 Å². The van der Waals surface area contributed by atoms with Crippen LogP contribution in [0.15, 0.2) is 18.3 Å². The Morgan fingerprint density at radius 1 is 1.44 bits per heavy atom. The molecule has 18 heavy (non-hydrogen) atoms. The third-order valence-electron chi connectivity index (χ3n) is 3.10. The van der Waals surface area contributed by atoms with Gasteiger partial charge in [-0.3, -0.25) is 14.7 Å². The van der Waals surface area contributed by atoms with Gasteiger partial charge in [0.1, 0.15) is 0 Å².